The average Bonchev–Trinajstić information content (AvgIpc) is 2.38. The van der Waals surface area contributed by atoms with Crippen LogP contribution in [0, 0.1) is 0 Å². The van der Waals surface area contributed by atoms with Crippen molar-refractivity contribution in [2.24, 2.45) is 0 Å². The van der Waals surface area contributed by atoms with Crippen LogP contribution in [0.5, 0.6) is 0 Å². The fraction of sp³-hybridized carbons (Fsp3) is 1.00. The van der Waals surface area contributed by atoms with Crippen LogP contribution in [-0.4, -0.2) is 29.1 Å². The molecule has 2 N–H and O–H groups in total. The van der Waals surface area contributed by atoms with Crippen LogP contribution < -0.4 is 29.6 Å². The Balaban J connectivity index is 0. The van der Waals surface area contributed by atoms with E-state index in [2.05, 4.69) is 9.26 Å². The molecule has 10 heavy (non-hydrogen) atoms. The van der Waals surface area contributed by atoms with Crippen LogP contribution in [-0.2, 0) is 13.8 Å². The van der Waals surface area contributed by atoms with Crippen molar-refractivity contribution in [1.29, 1.82) is 0 Å². The van der Waals surface area contributed by atoms with Gasteiger partial charge in [-0.2, -0.15) is 0 Å². The number of ether oxygens (including phenoxy) is 1. The summed E-state index contributed by atoms with van der Waals surface area (Å²) in [6, 6.07) is 0. The van der Waals surface area contributed by atoms with Crippen molar-refractivity contribution in [3.05, 3.63) is 0 Å². The van der Waals surface area contributed by atoms with E-state index in [1.807, 2.05) is 0 Å². The zero-order chi connectivity index (χ0) is 6.91. The van der Waals surface area contributed by atoms with Crippen LogP contribution in [0.4, 0.5) is 0 Å². The minimum absolute atomic E-state index is 0. The first-order valence-electron chi connectivity index (χ1n) is 2.39. The molecular weight excluding hydrogens is 170 g/mol. The van der Waals surface area contributed by atoms with Gasteiger partial charge >= 0.3 is 37.4 Å². The summed E-state index contributed by atoms with van der Waals surface area (Å²) in [4.78, 5) is 16.3. The van der Waals surface area contributed by atoms with Gasteiger partial charge < -0.3 is 16.0 Å². The molecule has 56 valence electrons. The molecule has 0 aromatic heterocycles. The molecule has 1 aliphatic heterocycles. The average molecular weight is 178 g/mol. The van der Waals surface area contributed by atoms with Crippen molar-refractivity contribution >= 4 is 7.82 Å². The number of epoxide rings is 1. The van der Waals surface area contributed by atoms with Gasteiger partial charge in [0, 0.05) is 0 Å². The zero-order valence-electron chi connectivity index (χ0n) is 6.56. The van der Waals surface area contributed by atoms with E-state index in [1.165, 1.54) is 0 Å². The number of rotatable bonds is 3. The second-order valence-electron chi connectivity index (χ2n) is 1.74. The van der Waals surface area contributed by atoms with E-state index in [0.29, 0.717) is 6.61 Å². The summed E-state index contributed by atoms with van der Waals surface area (Å²) in [7, 11) is -4.26. The molecule has 0 aromatic rings. The molecule has 0 bridgehead atoms. The molecule has 1 saturated heterocycles. The van der Waals surface area contributed by atoms with Gasteiger partial charge in [0.1, 0.15) is 6.10 Å². The van der Waals surface area contributed by atoms with Gasteiger partial charge in [-0.15, -0.1) is 0 Å². The predicted octanol–water partition coefficient (Wildman–Crippen LogP) is -3.39. The monoisotopic (exact) mass is 178 g/mol. The van der Waals surface area contributed by atoms with Crippen LogP contribution in [0.2, 0.25) is 0 Å². The topological polar surface area (TPSA) is 79.3 Å². The van der Waals surface area contributed by atoms with E-state index in [9.17, 15) is 4.57 Å². The van der Waals surface area contributed by atoms with Gasteiger partial charge in [-0.3, -0.25) is 4.52 Å². The molecule has 0 saturated carbocycles. The van der Waals surface area contributed by atoms with Crippen LogP contribution in [0.1, 0.15) is 1.43 Å². The molecule has 1 atom stereocenters. The third-order valence-corrected chi connectivity index (χ3v) is 1.32. The first-order chi connectivity index (χ1) is 4.08. The van der Waals surface area contributed by atoms with Gasteiger partial charge in [-0.05, 0) is 0 Å². The molecule has 1 fully saturated rings. The Morgan fingerprint density at radius 1 is 1.80 bits per heavy atom. The quantitative estimate of drug-likeness (QED) is 0.267. The number of hydrogen-bond acceptors (Lipinski definition) is 3. The minimum atomic E-state index is -4.26. The van der Waals surface area contributed by atoms with E-state index < -0.39 is 7.82 Å². The summed E-state index contributed by atoms with van der Waals surface area (Å²) in [6.45, 7) is 0.532. The molecular formula is C3H8NaO5P. The Morgan fingerprint density at radius 3 is 2.60 bits per heavy atom. The van der Waals surface area contributed by atoms with Gasteiger partial charge in [0.15, 0.2) is 0 Å². The van der Waals surface area contributed by atoms with Crippen LogP contribution in [0.25, 0.3) is 0 Å². The van der Waals surface area contributed by atoms with Gasteiger partial charge in [0.2, 0.25) is 0 Å². The van der Waals surface area contributed by atoms with Crippen LogP contribution in [0.3, 0.4) is 0 Å². The van der Waals surface area contributed by atoms with Gasteiger partial charge in [0.25, 0.3) is 0 Å². The fourth-order valence-electron chi connectivity index (χ4n) is 0.344. The normalized spacial score (nSPS) is 23.6. The first kappa shape index (κ1) is 11.1. The first-order valence-corrected chi connectivity index (χ1v) is 3.92. The minimum Gasteiger partial charge on any atom is -1.00 e. The molecule has 1 rings (SSSR count). The molecule has 1 unspecified atom stereocenters. The van der Waals surface area contributed by atoms with E-state index in [1.54, 1.807) is 0 Å². The van der Waals surface area contributed by atoms with Gasteiger partial charge in [-0.1, -0.05) is 0 Å². The van der Waals surface area contributed by atoms with Crippen molar-refractivity contribution in [3.8, 4) is 0 Å². The van der Waals surface area contributed by atoms with E-state index in [0.717, 1.165) is 0 Å². The van der Waals surface area contributed by atoms with Crippen molar-refractivity contribution in [1.82, 2.24) is 0 Å². The van der Waals surface area contributed by atoms with Crippen molar-refractivity contribution in [2.45, 2.75) is 6.10 Å². The van der Waals surface area contributed by atoms with Crippen molar-refractivity contribution in [3.63, 3.8) is 0 Å². The summed E-state index contributed by atoms with van der Waals surface area (Å²) in [5.74, 6) is 0. The molecule has 5 nitrogen and oxygen atoms in total. The van der Waals surface area contributed by atoms with Crippen molar-refractivity contribution in [2.75, 3.05) is 13.2 Å². The fourth-order valence-corrected chi connectivity index (χ4v) is 0.705. The summed E-state index contributed by atoms with van der Waals surface area (Å²) < 4.78 is 18.7. The molecule has 0 aliphatic carbocycles. The number of phosphoric ester groups is 1. The maximum absolute atomic E-state index is 9.98. The summed E-state index contributed by atoms with van der Waals surface area (Å²) in [5.41, 5.74) is 0. The standard InChI is InChI=1S/C3H7O5P.Na.H/c4-9(5,6)8-2-3-1-7-3;;/h3H,1-2H2,(H2,4,5,6);;/q;+1;-1. The maximum Gasteiger partial charge on any atom is 1.00 e. The molecule has 1 heterocycles. The Morgan fingerprint density at radius 2 is 2.30 bits per heavy atom. The van der Waals surface area contributed by atoms with Gasteiger partial charge in [0.05, 0.1) is 13.2 Å². The zero-order valence-corrected chi connectivity index (χ0v) is 8.45. The molecule has 7 heteroatoms. The summed E-state index contributed by atoms with van der Waals surface area (Å²) in [5, 5.41) is 0. The molecule has 1 aliphatic rings. The summed E-state index contributed by atoms with van der Waals surface area (Å²) >= 11 is 0. The third-order valence-electron chi connectivity index (χ3n) is 0.831. The smallest absolute Gasteiger partial charge is 1.00 e. The Bertz CT molecular complexity index is 145. The Labute approximate surface area is 81.7 Å². The van der Waals surface area contributed by atoms with Crippen LogP contribution in [0.15, 0.2) is 0 Å². The number of phosphoric acid groups is 1. The second-order valence-corrected chi connectivity index (χ2v) is 2.98. The Hall–Kier alpha value is 1.07. The van der Waals surface area contributed by atoms with Crippen molar-refractivity contribution < 1.29 is 54.6 Å². The third kappa shape index (κ3) is 5.82. The summed E-state index contributed by atoms with van der Waals surface area (Å²) in [6.07, 6.45) is -0.0994. The largest absolute Gasteiger partial charge is 1.00 e. The van der Waals surface area contributed by atoms with Crippen LogP contribution >= 0.6 is 7.82 Å². The molecule has 0 amide bonds. The van der Waals surface area contributed by atoms with E-state index in [-0.39, 0.29) is 43.7 Å². The van der Waals surface area contributed by atoms with E-state index >= 15 is 0 Å². The Kier molecular flexibility index (Phi) is 4.63. The SMILES string of the molecule is O=P(O)(O)OCC1CO1.[H-].[Na+]. The predicted molar refractivity (Wildman–Crippen MR) is 28.8 cm³/mol. The number of hydrogen-bond donors (Lipinski definition) is 2. The van der Waals surface area contributed by atoms with Gasteiger partial charge in [-0.25, -0.2) is 4.57 Å². The molecule has 0 spiro atoms. The second kappa shape index (κ2) is 4.18. The van der Waals surface area contributed by atoms with E-state index in [4.69, 9.17) is 9.79 Å². The molecule has 0 radical (unpaired) electrons. The molecule has 0 aromatic carbocycles. The maximum atomic E-state index is 9.98.